The zero-order chi connectivity index (χ0) is 13.1. The maximum absolute atomic E-state index is 11.7. The highest BCUT2D eigenvalue weighted by Crippen LogP contribution is 2.10. The molecule has 0 spiro atoms. The summed E-state index contributed by atoms with van der Waals surface area (Å²) in [4.78, 5) is 25.9. The van der Waals surface area contributed by atoms with Crippen LogP contribution in [0.1, 0.15) is 16.3 Å². The molecule has 3 aromatic rings. The van der Waals surface area contributed by atoms with E-state index in [2.05, 4.69) is 25.3 Å². The van der Waals surface area contributed by atoms with Crippen molar-refractivity contribution in [2.75, 3.05) is 6.54 Å². The molecule has 1 amide bonds. The first-order valence-electron chi connectivity index (χ1n) is 6.03. The van der Waals surface area contributed by atoms with Crippen LogP contribution >= 0.6 is 0 Å². The van der Waals surface area contributed by atoms with Crippen molar-refractivity contribution in [3.8, 4) is 0 Å². The fourth-order valence-electron chi connectivity index (χ4n) is 1.89. The number of H-pyrrole nitrogens is 2. The second-order valence-corrected chi connectivity index (χ2v) is 4.17. The van der Waals surface area contributed by atoms with Crippen LogP contribution in [0, 0.1) is 0 Å². The molecule has 0 atom stereocenters. The van der Waals surface area contributed by atoms with E-state index in [9.17, 15) is 4.79 Å². The summed E-state index contributed by atoms with van der Waals surface area (Å²) >= 11 is 0. The zero-order valence-corrected chi connectivity index (χ0v) is 10.2. The summed E-state index contributed by atoms with van der Waals surface area (Å²) in [5.41, 5.74) is 2.42. The minimum Gasteiger partial charge on any atom is -0.350 e. The third-order valence-electron chi connectivity index (χ3n) is 2.83. The minimum atomic E-state index is -0.159. The first-order valence-corrected chi connectivity index (χ1v) is 6.03. The molecule has 0 bridgehead atoms. The summed E-state index contributed by atoms with van der Waals surface area (Å²) in [7, 11) is 0. The predicted molar refractivity (Wildman–Crippen MR) is 70.7 cm³/mol. The fourth-order valence-corrected chi connectivity index (χ4v) is 1.89. The molecule has 3 rings (SSSR count). The van der Waals surface area contributed by atoms with Crippen LogP contribution in [0.5, 0.6) is 0 Å². The van der Waals surface area contributed by atoms with Crippen molar-refractivity contribution >= 4 is 16.9 Å². The molecular weight excluding hydrogens is 242 g/mol. The van der Waals surface area contributed by atoms with Gasteiger partial charge < -0.3 is 15.3 Å². The van der Waals surface area contributed by atoms with E-state index in [4.69, 9.17) is 0 Å². The van der Waals surface area contributed by atoms with Crippen molar-refractivity contribution < 1.29 is 4.79 Å². The number of imidazole rings is 2. The summed E-state index contributed by atoms with van der Waals surface area (Å²) in [6.07, 6.45) is 3.64. The lowest BCUT2D eigenvalue weighted by molar-refractivity contribution is 0.0949. The molecule has 0 fully saturated rings. The summed E-state index contributed by atoms with van der Waals surface area (Å²) in [5, 5.41) is 2.81. The molecule has 0 radical (unpaired) electrons. The number of aromatic amines is 2. The van der Waals surface area contributed by atoms with E-state index in [0.29, 0.717) is 18.7 Å². The summed E-state index contributed by atoms with van der Waals surface area (Å²) < 4.78 is 0. The standard InChI is InChI=1S/C13H13N5O/c19-13(11-7-14-8-16-11)15-6-5-12-17-9-3-1-2-4-10(9)18-12/h1-4,7-8H,5-6H2,(H,14,16)(H,15,19)(H,17,18). The van der Waals surface area contributed by atoms with Gasteiger partial charge in [-0.3, -0.25) is 4.79 Å². The number of carbonyl (C=O) groups excluding carboxylic acids is 1. The number of fused-ring (bicyclic) bond motifs is 1. The fraction of sp³-hybridized carbons (Fsp3) is 0.154. The molecule has 2 aromatic heterocycles. The van der Waals surface area contributed by atoms with Crippen LogP contribution < -0.4 is 5.32 Å². The van der Waals surface area contributed by atoms with E-state index in [1.54, 1.807) is 0 Å². The minimum absolute atomic E-state index is 0.159. The van der Waals surface area contributed by atoms with Crippen LogP contribution in [0.25, 0.3) is 11.0 Å². The Morgan fingerprint density at radius 3 is 3.00 bits per heavy atom. The quantitative estimate of drug-likeness (QED) is 0.656. The van der Waals surface area contributed by atoms with Crippen molar-refractivity contribution in [1.82, 2.24) is 25.3 Å². The summed E-state index contributed by atoms with van der Waals surface area (Å²) in [6.45, 7) is 0.525. The third kappa shape index (κ3) is 2.47. The Morgan fingerprint density at radius 1 is 1.32 bits per heavy atom. The van der Waals surface area contributed by atoms with Crippen molar-refractivity contribution in [2.24, 2.45) is 0 Å². The number of rotatable bonds is 4. The molecule has 0 unspecified atom stereocenters. The third-order valence-corrected chi connectivity index (χ3v) is 2.83. The number of benzene rings is 1. The van der Waals surface area contributed by atoms with Gasteiger partial charge >= 0.3 is 0 Å². The van der Waals surface area contributed by atoms with E-state index in [-0.39, 0.29) is 5.91 Å². The van der Waals surface area contributed by atoms with Crippen LogP contribution in [-0.2, 0) is 6.42 Å². The maximum Gasteiger partial charge on any atom is 0.269 e. The van der Waals surface area contributed by atoms with Crippen LogP contribution in [0.4, 0.5) is 0 Å². The molecule has 19 heavy (non-hydrogen) atoms. The van der Waals surface area contributed by atoms with Gasteiger partial charge in [-0.2, -0.15) is 0 Å². The van der Waals surface area contributed by atoms with Crippen molar-refractivity contribution in [1.29, 1.82) is 0 Å². The summed E-state index contributed by atoms with van der Waals surface area (Å²) in [5.74, 6) is 0.708. The number of aromatic nitrogens is 4. The zero-order valence-electron chi connectivity index (χ0n) is 10.2. The molecule has 0 aliphatic heterocycles. The Hall–Kier alpha value is -2.63. The Balaban J connectivity index is 1.59. The lowest BCUT2D eigenvalue weighted by atomic mass is 10.3. The van der Waals surface area contributed by atoms with E-state index in [1.807, 2.05) is 24.3 Å². The molecule has 0 saturated carbocycles. The predicted octanol–water partition coefficient (Wildman–Crippen LogP) is 1.26. The Morgan fingerprint density at radius 2 is 2.21 bits per heavy atom. The van der Waals surface area contributed by atoms with Crippen molar-refractivity contribution in [3.63, 3.8) is 0 Å². The van der Waals surface area contributed by atoms with Crippen molar-refractivity contribution in [2.45, 2.75) is 6.42 Å². The molecule has 0 saturated heterocycles. The highest BCUT2D eigenvalue weighted by atomic mass is 16.1. The van der Waals surface area contributed by atoms with E-state index in [1.165, 1.54) is 12.5 Å². The number of hydrogen-bond donors (Lipinski definition) is 3. The van der Waals surface area contributed by atoms with E-state index >= 15 is 0 Å². The van der Waals surface area contributed by atoms with E-state index < -0.39 is 0 Å². The first kappa shape index (κ1) is 11.5. The van der Waals surface area contributed by atoms with Crippen LogP contribution in [0.2, 0.25) is 0 Å². The Kier molecular flexibility index (Phi) is 2.97. The molecule has 6 heteroatoms. The number of amides is 1. The second kappa shape index (κ2) is 4.93. The monoisotopic (exact) mass is 255 g/mol. The molecule has 3 N–H and O–H groups in total. The van der Waals surface area contributed by atoms with Crippen LogP contribution in [-0.4, -0.2) is 32.4 Å². The van der Waals surface area contributed by atoms with Crippen molar-refractivity contribution in [3.05, 3.63) is 48.3 Å². The van der Waals surface area contributed by atoms with Crippen LogP contribution in [0.3, 0.4) is 0 Å². The second-order valence-electron chi connectivity index (χ2n) is 4.17. The van der Waals surface area contributed by atoms with Gasteiger partial charge in [0.1, 0.15) is 11.5 Å². The SMILES string of the molecule is O=C(NCCc1nc2ccccc2[nH]1)c1cnc[nH]1. The average molecular weight is 255 g/mol. The topological polar surface area (TPSA) is 86.5 Å². The van der Waals surface area contributed by atoms with Crippen LogP contribution in [0.15, 0.2) is 36.8 Å². The highest BCUT2D eigenvalue weighted by molar-refractivity contribution is 5.91. The number of carbonyl (C=O) groups is 1. The molecule has 1 aromatic carbocycles. The van der Waals surface area contributed by atoms with Gasteiger partial charge in [0.2, 0.25) is 0 Å². The summed E-state index contributed by atoms with van der Waals surface area (Å²) in [6, 6.07) is 7.85. The van der Waals surface area contributed by atoms with Gasteiger partial charge in [-0.15, -0.1) is 0 Å². The molecular formula is C13H13N5O. The Bertz CT molecular complexity index is 653. The number of nitrogens with zero attached hydrogens (tertiary/aromatic N) is 2. The van der Waals surface area contributed by atoms with Gasteiger partial charge in [0.25, 0.3) is 5.91 Å². The Labute approximate surface area is 109 Å². The van der Waals surface area contributed by atoms with Gasteiger partial charge in [0, 0.05) is 13.0 Å². The normalized spacial score (nSPS) is 10.7. The molecule has 96 valence electrons. The lowest BCUT2D eigenvalue weighted by Crippen LogP contribution is -2.26. The largest absolute Gasteiger partial charge is 0.350 e. The van der Waals surface area contributed by atoms with Gasteiger partial charge in [0.05, 0.1) is 23.6 Å². The highest BCUT2D eigenvalue weighted by Gasteiger charge is 2.06. The number of nitrogens with one attached hydrogen (secondary N) is 3. The average Bonchev–Trinajstić information content (AvgIpc) is 3.07. The van der Waals surface area contributed by atoms with Gasteiger partial charge in [-0.25, -0.2) is 9.97 Å². The number of para-hydroxylation sites is 2. The van der Waals surface area contributed by atoms with E-state index in [0.717, 1.165) is 16.9 Å². The maximum atomic E-state index is 11.7. The van der Waals surface area contributed by atoms with Gasteiger partial charge in [-0.05, 0) is 12.1 Å². The molecule has 0 aliphatic carbocycles. The van der Waals surface area contributed by atoms with Gasteiger partial charge in [-0.1, -0.05) is 12.1 Å². The smallest absolute Gasteiger partial charge is 0.269 e. The number of hydrogen-bond acceptors (Lipinski definition) is 3. The molecule has 0 aliphatic rings. The first-order chi connectivity index (χ1) is 9.33. The van der Waals surface area contributed by atoms with Gasteiger partial charge in [0.15, 0.2) is 0 Å². The molecule has 2 heterocycles. The lowest BCUT2D eigenvalue weighted by Gasteiger charge is -2.01. The molecule has 6 nitrogen and oxygen atoms in total.